The number of piperidine rings is 1. The van der Waals surface area contributed by atoms with Crippen molar-refractivity contribution in [3.05, 3.63) is 94.5 Å². The minimum Gasteiger partial charge on any atom is -0.492 e. The summed E-state index contributed by atoms with van der Waals surface area (Å²) >= 11 is 0. The van der Waals surface area contributed by atoms with Crippen LogP contribution in [0.15, 0.2) is 66.7 Å². The number of carbonyl (C=O) groups is 2. The molecule has 7 nitrogen and oxygen atoms in total. The number of carboxylic acids is 1. The van der Waals surface area contributed by atoms with Crippen molar-refractivity contribution in [2.75, 3.05) is 26.2 Å². The van der Waals surface area contributed by atoms with Gasteiger partial charge in [0.1, 0.15) is 18.1 Å². The number of alkyl halides is 6. The molecule has 1 heterocycles. The summed E-state index contributed by atoms with van der Waals surface area (Å²) in [7, 11) is 0. The first-order chi connectivity index (χ1) is 22.4. The summed E-state index contributed by atoms with van der Waals surface area (Å²) < 4.78 is 90.8. The highest BCUT2D eigenvalue weighted by Gasteiger charge is 2.56. The van der Waals surface area contributed by atoms with Gasteiger partial charge in [-0.1, -0.05) is 45.0 Å². The first-order valence-electron chi connectivity index (χ1n) is 15.4. The molecule has 3 aromatic carbocycles. The molecule has 258 valence electrons. The standard InChI is InChI=1S/C35H36F6N2O5/c1-33(2,3)22-6-10-26(11-7-22)48-29(32(45)46)14-20-4-8-25(9-5-20)47-13-12-42-30-27-18-43(19-28(27)30)31(44)21-15-23(34(36,37)38)17-24(16-21)35(39,40)41/h4-11,15-17,27-30,42H,12-14,18-19H2,1-3H3,(H,45,46)/t27-,28?,29-,30?/m0/s1. The van der Waals surface area contributed by atoms with E-state index in [9.17, 15) is 41.0 Å². The molecular formula is C35H36F6N2O5. The number of carbonyl (C=O) groups excluding carboxylic acids is 1. The van der Waals surface area contributed by atoms with Gasteiger partial charge in [0.25, 0.3) is 5.91 Å². The first kappa shape index (κ1) is 35.1. The summed E-state index contributed by atoms with van der Waals surface area (Å²) in [6.45, 7) is 7.50. The molecule has 5 rings (SSSR count). The van der Waals surface area contributed by atoms with Crippen LogP contribution in [0.5, 0.6) is 11.5 Å². The minimum absolute atomic E-state index is 0.00727. The lowest BCUT2D eigenvalue weighted by molar-refractivity contribution is -0.145. The van der Waals surface area contributed by atoms with Gasteiger partial charge in [-0.3, -0.25) is 4.79 Å². The lowest BCUT2D eigenvalue weighted by Gasteiger charge is -2.22. The van der Waals surface area contributed by atoms with E-state index in [2.05, 4.69) is 26.1 Å². The fourth-order valence-corrected chi connectivity index (χ4v) is 5.96. The summed E-state index contributed by atoms with van der Waals surface area (Å²) in [4.78, 5) is 26.0. The van der Waals surface area contributed by atoms with Crippen LogP contribution >= 0.6 is 0 Å². The van der Waals surface area contributed by atoms with Crippen molar-refractivity contribution in [1.29, 1.82) is 0 Å². The van der Waals surface area contributed by atoms with E-state index in [4.69, 9.17) is 9.47 Å². The third kappa shape index (κ3) is 8.41. The number of likely N-dealkylation sites (tertiary alicyclic amines) is 1. The van der Waals surface area contributed by atoms with Gasteiger partial charge in [0.15, 0.2) is 6.10 Å². The third-order valence-corrected chi connectivity index (χ3v) is 8.69. The number of halogens is 6. The highest BCUT2D eigenvalue weighted by molar-refractivity contribution is 5.95. The van der Waals surface area contributed by atoms with Crippen LogP contribution in [0.3, 0.4) is 0 Å². The normalized spacial score (nSPS) is 19.9. The zero-order valence-corrected chi connectivity index (χ0v) is 26.5. The van der Waals surface area contributed by atoms with Crippen LogP contribution in [0.2, 0.25) is 0 Å². The summed E-state index contributed by atoms with van der Waals surface area (Å²) in [5, 5.41) is 13.0. The molecule has 1 aliphatic heterocycles. The molecule has 2 N–H and O–H groups in total. The number of hydrogen-bond donors (Lipinski definition) is 2. The Bertz CT molecular complexity index is 1570. The van der Waals surface area contributed by atoms with Crippen molar-refractivity contribution < 1.29 is 50.5 Å². The Hall–Kier alpha value is -4.26. The second-order valence-electron chi connectivity index (χ2n) is 13.2. The number of carboxylic acid groups (broad SMARTS) is 1. The van der Waals surface area contributed by atoms with Crippen molar-refractivity contribution >= 4 is 11.9 Å². The molecule has 1 saturated carbocycles. The van der Waals surface area contributed by atoms with Crippen LogP contribution in [0.1, 0.15) is 53.4 Å². The van der Waals surface area contributed by atoms with Crippen molar-refractivity contribution in [2.24, 2.45) is 11.8 Å². The van der Waals surface area contributed by atoms with Crippen LogP contribution in [0, 0.1) is 11.8 Å². The molecule has 0 aromatic heterocycles. The van der Waals surface area contributed by atoms with E-state index in [0.717, 1.165) is 11.1 Å². The molecule has 48 heavy (non-hydrogen) atoms. The van der Waals surface area contributed by atoms with E-state index >= 15 is 0 Å². The molecule has 2 unspecified atom stereocenters. The van der Waals surface area contributed by atoms with Crippen LogP contribution < -0.4 is 14.8 Å². The van der Waals surface area contributed by atoms with Crippen molar-refractivity contribution in [3.8, 4) is 11.5 Å². The Morgan fingerprint density at radius 1 is 0.833 bits per heavy atom. The Labute approximate surface area is 273 Å². The molecule has 2 fully saturated rings. The lowest BCUT2D eigenvalue weighted by Crippen LogP contribution is -2.36. The maximum atomic E-state index is 13.2. The van der Waals surface area contributed by atoms with Gasteiger partial charge in [0.05, 0.1) is 11.1 Å². The van der Waals surface area contributed by atoms with Gasteiger partial charge < -0.3 is 24.8 Å². The van der Waals surface area contributed by atoms with Gasteiger partial charge in [-0.15, -0.1) is 0 Å². The Morgan fingerprint density at radius 2 is 1.38 bits per heavy atom. The topological polar surface area (TPSA) is 88.1 Å². The smallest absolute Gasteiger partial charge is 0.416 e. The Kier molecular flexibility index (Phi) is 9.74. The highest BCUT2D eigenvalue weighted by Crippen LogP contribution is 2.46. The van der Waals surface area contributed by atoms with E-state index in [1.807, 2.05) is 12.1 Å². The largest absolute Gasteiger partial charge is 0.492 e. The van der Waals surface area contributed by atoms with Gasteiger partial charge in [-0.05, 0) is 70.8 Å². The average molecular weight is 679 g/mol. The molecule has 1 amide bonds. The maximum Gasteiger partial charge on any atom is 0.416 e. The molecular weight excluding hydrogens is 642 g/mol. The monoisotopic (exact) mass is 678 g/mol. The average Bonchev–Trinajstić information content (AvgIpc) is 3.45. The number of nitrogens with one attached hydrogen (secondary N) is 1. The van der Waals surface area contributed by atoms with Gasteiger partial charge in [-0.25, -0.2) is 4.79 Å². The number of benzene rings is 3. The van der Waals surface area contributed by atoms with E-state index < -0.39 is 47.0 Å². The molecule has 13 heteroatoms. The predicted octanol–water partition coefficient (Wildman–Crippen LogP) is 6.84. The SMILES string of the molecule is CC(C)(C)c1ccc(O[C@@H](Cc2ccc(OCCNC3C4CN(C(=O)c5cc(C(F)(F)F)cc(C(F)(F)F)c5)C[C@@H]43)cc2)C(=O)O)cc1. The molecule has 0 radical (unpaired) electrons. The quantitative estimate of drug-likeness (QED) is 0.171. The number of amides is 1. The Morgan fingerprint density at radius 3 is 1.88 bits per heavy atom. The van der Waals surface area contributed by atoms with E-state index in [0.29, 0.717) is 36.8 Å². The summed E-state index contributed by atoms with van der Waals surface area (Å²) in [6, 6.07) is 15.4. The number of aliphatic carboxylic acids is 1. The molecule has 3 aromatic rings. The van der Waals surface area contributed by atoms with Crippen molar-refractivity contribution in [3.63, 3.8) is 0 Å². The van der Waals surface area contributed by atoms with Crippen molar-refractivity contribution in [2.45, 2.75) is 57.1 Å². The molecule has 1 aliphatic carbocycles. The van der Waals surface area contributed by atoms with E-state index in [1.165, 1.54) is 4.90 Å². The van der Waals surface area contributed by atoms with Gasteiger partial charge in [0, 0.05) is 37.7 Å². The molecule has 1 saturated heterocycles. The zero-order valence-electron chi connectivity index (χ0n) is 26.5. The second-order valence-corrected chi connectivity index (χ2v) is 13.2. The molecule has 0 spiro atoms. The summed E-state index contributed by atoms with van der Waals surface area (Å²) in [5.41, 5.74) is -1.85. The summed E-state index contributed by atoms with van der Waals surface area (Å²) in [5.74, 6) is -0.801. The third-order valence-electron chi connectivity index (χ3n) is 8.69. The number of hydrogen-bond acceptors (Lipinski definition) is 5. The molecule has 2 aliphatic rings. The zero-order chi connectivity index (χ0) is 35.0. The number of nitrogens with zero attached hydrogens (tertiary/aromatic N) is 1. The fourth-order valence-electron chi connectivity index (χ4n) is 5.96. The highest BCUT2D eigenvalue weighted by atomic mass is 19.4. The van der Waals surface area contributed by atoms with Crippen LogP contribution in [0.25, 0.3) is 0 Å². The van der Waals surface area contributed by atoms with Gasteiger partial charge >= 0.3 is 18.3 Å². The molecule has 0 bridgehead atoms. The second kappa shape index (κ2) is 13.3. The first-order valence-corrected chi connectivity index (χ1v) is 15.4. The van der Waals surface area contributed by atoms with Crippen LogP contribution in [-0.4, -0.2) is 60.3 Å². The van der Waals surface area contributed by atoms with Gasteiger partial charge in [0.2, 0.25) is 0 Å². The fraction of sp³-hybridized carbons (Fsp3) is 0.429. The van der Waals surface area contributed by atoms with Crippen molar-refractivity contribution in [1.82, 2.24) is 10.2 Å². The van der Waals surface area contributed by atoms with Crippen LogP contribution in [-0.2, 0) is 29.0 Å². The molecule has 4 atom stereocenters. The summed E-state index contributed by atoms with van der Waals surface area (Å²) in [6.07, 6.45) is -11.0. The van der Waals surface area contributed by atoms with E-state index in [-0.39, 0.29) is 48.9 Å². The Balaban J connectivity index is 1.05. The lowest BCUT2D eigenvalue weighted by atomic mass is 9.87. The number of rotatable bonds is 11. The minimum atomic E-state index is -5.03. The van der Waals surface area contributed by atoms with Gasteiger partial charge in [-0.2, -0.15) is 26.3 Å². The van der Waals surface area contributed by atoms with E-state index in [1.54, 1.807) is 36.4 Å². The predicted molar refractivity (Wildman–Crippen MR) is 164 cm³/mol. The maximum absolute atomic E-state index is 13.2. The number of fused-ring (bicyclic) bond motifs is 1. The number of ether oxygens (including phenoxy) is 2. The van der Waals surface area contributed by atoms with Crippen LogP contribution in [0.4, 0.5) is 26.3 Å².